The SMILES string of the molecule is COc1cc(C)c(S(=O)(=O)NC(N)=NCCC[C@H](NCB=O)C(=O)N(C)OC)c(C)c1C. The molecule has 1 aromatic rings. The number of hydroxylamine groups is 2. The Hall–Kier alpha value is -2.51. The zero-order valence-corrected chi connectivity index (χ0v) is 20.2. The van der Waals surface area contributed by atoms with E-state index >= 15 is 0 Å². The van der Waals surface area contributed by atoms with Gasteiger partial charge in [-0.1, -0.05) is 0 Å². The fourth-order valence-electron chi connectivity index (χ4n) is 3.18. The maximum absolute atomic E-state index is 12.9. The Morgan fingerprint density at radius 2 is 1.94 bits per heavy atom. The Morgan fingerprint density at radius 3 is 2.50 bits per heavy atom. The quantitative estimate of drug-likeness (QED) is 0.127. The minimum absolute atomic E-state index is 0.0130. The van der Waals surface area contributed by atoms with Gasteiger partial charge in [0.15, 0.2) is 0 Å². The van der Waals surface area contributed by atoms with Gasteiger partial charge in [0.25, 0.3) is 0 Å². The molecule has 0 fully saturated rings. The zero-order chi connectivity index (χ0) is 24.5. The molecule has 32 heavy (non-hydrogen) atoms. The Labute approximate surface area is 190 Å². The van der Waals surface area contributed by atoms with Gasteiger partial charge in [0, 0.05) is 0 Å². The number of nitrogens with one attached hydrogen (secondary N) is 2. The molecule has 0 aromatic heterocycles. The van der Waals surface area contributed by atoms with Crippen LogP contribution in [0, 0.1) is 20.8 Å². The standard InChI is InChI=1S/C19H32BN5O6S/c1-12-10-16(30-5)13(2)14(3)17(12)32(28,29)24-19(21)22-9-7-8-15(23-11-20-27)18(26)25(4)31-6/h10,15,23H,7-9,11H2,1-6H3,(H3,21,22,24)/t15-/m0/s1. The average molecular weight is 469 g/mol. The predicted molar refractivity (Wildman–Crippen MR) is 121 cm³/mol. The number of carbonyl (C=O) groups is 1. The van der Waals surface area contributed by atoms with E-state index < -0.39 is 16.1 Å². The number of ether oxygens (including phenoxy) is 1. The fraction of sp³-hybridized carbons (Fsp3) is 0.579. The number of aliphatic imine (C=N–C) groups is 1. The molecule has 0 saturated carbocycles. The van der Waals surface area contributed by atoms with Crippen molar-refractivity contribution in [2.45, 2.75) is 44.6 Å². The first-order valence-electron chi connectivity index (χ1n) is 9.96. The summed E-state index contributed by atoms with van der Waals surface area (Å²) in [4.78, 5) is 21.3. The van der Waals surface area contributed by atoms with Gasteiger partial charge in [-0.15, -0.1) is 0 Å². The van der Waals surface area contributed by atoms with Gasteiger partial charge in [-0.05, 0) is 32.4 Å². The summed E-state index contributed by atoms with van der Waals surface area (Å²) in [6, 6.07) is 1.01. The van der Waals surface area contributed by atoms with Crippen molar-refractivity contribution >= 4 is 29.0 Å². The van der Waals surface area contributed by atoms with Gasteiger partial charge >= 0.3 is 140 Å². The third-order valence-corrected chi connectivity index (χ3v) is 6.61. The number of rotatable bonds is 12. The number of nitrogens with zero attached hydrogens (tertiary/aromatic N) is 2. The van der Waals surface area contributed by atoms with Crippen LogP contribution in [0.5, 0.6) is 5.75 Å². The minimum Gasteiger partial charge on any atom is -0.0380 e. The number of nitrogens with two attached hydrogens (primary N) is 1. The first kappa shape index (κ1) is 27.5. The van der Waals surface area contributed by atoms with Crippen molar-refractivity contribution in [3.63, 3.8) is 0 Å². The van der Waals surface area contributed by atoms with Crippen molar-refractivity contribution in [1.29, 1.82) is 0 Å². The summed E-state index contributed by atoms with van der Waals surface area (Å²) in [5.74, 6) is 0.00911. The van der Waals surface area contributed by atoms with Gasteiger partial charge in [-0.25, -0.2) is 0 Å². The molecule has 0 radical (unpaired) electrons. The van der Waals surface area contributed by atoms with Crippen LogP contribution in [0.4, 0.5) is 0 Å². The number of aryl methyl sites for hydroxylation is 1. The summed E-state index contributed by atoms with van der Waals surface area (Å²) in [7, 11) is 1.06. The first-order valence-corrected chi connectivity index (χ1v) is 11.4. The number of amides is 1. The molecular weight excluding hydrogens is 437 g/mol. The van der Waals surface area contributed by atoms with E-state index in [1.807, 2.05) is 0 Å². The predicted octanol–water partition coefficient (Wildman–Crippen LogP) is -0.0211. The Balaban J connectivity index is 2.85. The Morgan fingerprint density at radius 1 is 1.28 bits per heavy atom. The van der Waals surface area contributed by atoms with E-state index in [0.29, 0.717) is 42.4 Å². The summed E-state index contributed by atoms with van der Waals surface area (Å²) in [6.07, 6.45) is 0.779. The number of methoxy groups -OCH3 is 1. The molecule has 13 heteroatoms. The van der Waals surface area contributed by atoms with E-state index in [0.717, 1.165) is 5.06 Å². The molecule has 0 bridgehead atoms. The van der Waals surface area contributed by atoms with Crippen molar-refractivity contribution in [2.75, 3.05) is 34.3 Å². The van der Waals surface area contributed by atoms with Crippen molar-refractivity contribution < 1.29 is 27.5 Å². The molecule has 1 rings (SSSR count). The van der Waals surface area contributed by atoms with Crippen LogP contribution in [0.15, 0.2) is 16.0 Å². The van der Waals surface area contributed by atoms with Crippen LogP contribution < -0.4 is 20.5 Å². The van der Waals surface area contributed by atoms with Gasteiger partial charge in [0.05, 0.1) is 7.11 Å². The number of carbonyl (C=O) groups excluding carboxylic acids is 1. The molecular formula is C19H32BN5O6S. The Bertz CT molecular complexity index is 954. The molecule has 11 nitrogen and oxygen atoms in total. The van der Waals surface area contributed by atoms with E-state index in [4.69, 9.17) is 15.3 Å². The van der Waals surface area contributed by atoms with Crippen LogP contribution in [0.1, 0.15) is 29.5 Å². The minimum atomic E-state index is -3.95. The summed E-state index contributed by atoms with van der Waals surface area (Å²) >= 11 is 0. The molecule has 1 aromatic carbocycles. The number of sulfonamides is 1. The Kier molecular flexibility index (Phi) is 10.8. The molecule has 0 heterocycles. The van der Waals surface area contributed by atoms with Gasteiger partial charge in [0.2, 0.25) is 0 Å². The number of hydrogen-bond acceptors (Lipinski definition) is 8. The number of benzene rings is 1. The molecule has 0 unspecified atom stereocenters. The molecule has 0 aliphatic rings. The van der Waals surface area contributed by atoms with Gasteiger partial charge < -0.3 is 4.74 Å². The molecule has 0 saturated heterocycles. The fourth-order valence-corrected chi connectivity index (χ4v) is 4.66. The third kappa shape index (κ3) is 7.28. The van der Waals surface area contributed by atoms with Crippen LogP contribution in [0.3, 0.4) is 0 Å². The molecule has 0 aliphatic heterocycles. The van der Waals surface area contributed by atoms with Crippen LogP contribution in [-0.4, -0.2) is 72.8 Å². The molecule has 0 aliphatic carbocycles. The second kappa shape index (κ2) is 12.5. The summed E-state index contributed by atoms with van der Waals surface area (Å²) in [5, 5.41) is 3.88. The van der Waals surface area contributed by atoms with Crippen molar-refractivity contribution in [3.8, 4) is 5.75 Å². The molecule has 0 spiro atoms. The van der Waals surface area contributed by atoms with E-state index in [9.17, 15) is 17.9 Å². The number of hydrogen-bond donors (Lipinski definition) is 3. The topological polar surface area (TPSA) is 152 Å². The van der Waals surface area contributed by atoms with Gasteiger partial charge in [-0.2, -0.15) is 0 Å². The summed E-state index contributed by atoms with van der Waals surface area (Å²) in [6.45, 7) is 5.34. The maximum atomic E-state index is 12.9. The molecule has 178 valence electrons. The van der Waals surface area contributed by atoms with Gasteiger partial charge in [0.1, 0.15) is 5.75 Å². The van der Waals surface area contributed by atoms with Crippen LogP contribution in [0.25, 0.3) is 0 Å². The zero-order valence-electron chi connectivity index (χ0n) is 19.4. The van der Waals surface area contributed by atoms with Gasteiger partial charge in [-0.3, -0.25) is 0 Å². The first-order chi connectivity index (χ1) is 15.0. The van der Waals surface area contributed by atoms with E-state index in [2.05, 4.69) is 15.0 Å². The molecule has 4 N–H and O–H groups in total. The second-order valence-electron chi connectivity index (χ2n) is 7.14. The molecule has 1 atom stereocenters. The van der Waals surface area contributed by atoms with Crippen molar-refractivity contribution in [2.24, 2.45) is 10.7 Å². The monoisotopic (exact) mass is 469 g/mol. The van der Waals surface area contributed by atoms with Crippen molar-refractivity contribution in [1.82, 2.24) is 15.1 Å². The smallest absolute Gasteiger partial charge is 0.0380 e. The van der Waals surface area contributed by atoms with Crippen LogP contribution >= 0.6 is 0 Å². The molecule has 1 amide bonds. The summed E-state index contributed by atoms with van der Waals surface area (Å²) < 4.78 is 43.9. The summed E-state index contributed by atoms with van der Waals surface area (Å²) in [5.41, 5.74) is 7.60. The number of guanidine groups is 1. The number of likely N-dealkylation sites (N-methyl/N-ethyl adjacent to an activating group) is 1. The normalized spacial score (nSPS) is 12.8. The van der Waals surface area contributed by atoms with E-state index in [1.165, 1.54) is 21.3 Å². The van der Waals surface area contributed by atoms with Crippen LogP contribution in [0.2, 0.25) is 0 Å². The second-order valence-corrected chi connectivity index (χ2v) is 8.75. The van der Waals surface area contributed by atoms with Crippen molar-refractivity contribution in [3.05, 3.63) is 22.8 Å². The van der Waals surface area contributed by atoms with E-state index in [-0.39, 0.29) is 29.8 Å². The third-order valence-electron chi connectivity index (χ3n) is 4.97. The van der Waals surface area contributed by atoms with Crippen LogP contribution in [-0.2, 0) is 24.4 Å². The average Bonchev–Trinajstić information content (AvgIpc) is 2.74. The van der Waals surface area contributed by atoms with E-state index in [1.54, 1.807) is 26.8 Å².